The molecule has 2 aromatic carbocycles. The molecular formula is C19H22N2O3S. The highest BCUT2D eigenvalue weighted by atomic mass is 32.2. The van der Waals surface area contributed by atoms with Crippen molar-refractivity contribution in [3.05, 3.63) is 59.2 Å². The molecule has 1 aliphatic rings. The monoisotopic (exact) mass is 358 g/mol. The van der Waals surface area contributed by atoms with Crippen LogP contribution in [0.3, 0.4) is 0 Å². The molecule has 0 radical (unpaired) electrons. The Morgan fingerprint density at radius 3 is 2.68 bits per heavy atom. The number of sulfonamides is 1. The van der Waals surface area contributed by atoms with Gasteiger partial charge in [-0.2, -0.15) is 0 Å². The lowest BCUT2D eigenvalue weighted by atomic mass is 10.0. The zero-order valence-electron chi connectivity index (χ0n) is 14.5. The maximum Gasteiger partial charge on any atom is 0.240 e. The molecule has 1 amide bonds. The Morgan fingerprint density at radius 2 is 1.96 bits per heavy atom. The molecule has 0 unspecified atom stereocenters. The van der Waals surface area contributed by atoms with E-state index in [0.717, 1.165) is 35.2 Å². The van der Waals surface area contributed by atoms with Crippen LogP contribution < -0.4 is 9.62 Å². The van der Waals surface area contributed by atoms with Crippen LogP contribution >= 0.6 is 0 Å². The third-order valence-electron chi connectivity index (χ3n) is 4.57. The summed E-state index contributed by atoms with van der Waals surface area (Å²) < 4.78 is 27.9. The highest BCUT2D eigenvalue weighted by Crippen LogP contribution is 2.29. The van der Waals surface area contributed by atoms with Gasteiger partial charge in [0.1, 0.15) is 0 Å². The van der Waals surface area contributed by atoms with E-state index in [9.17, 15) is 13.2 Å². The molecular weight excluding hydrogens is 336 g/mol. The second kappa shape index (κ2) is 6.98. The fraction of sp³-hybridized carbons (Fsp3) is 0.316. The Hall–Kier alpha value is -2.18. The minimum atomic E-state index is -3.60. The number of anilines is 1. The first-order valence-corrected chi connectivity index (χ1v) is 9.82. The van der Waals surface area contributed by atoms with Crippen LogP contribution in [0.1, 0.15) is 30.0 Å². The van der Waals surface area contributed by atoms with E-state index < -0.39 is 10.0 Å². The number of carbonyl (C=O) groups is 1. The zero-order chi connectivity index (χ0) is 18.0. The standard InChI is InChI=1S/C19H22N2O3S/c1-14-6-3-4-7-17(14)13-20-25(23,24)18-9-10-19-16(12-18)8-5-11-21(19)15(2)22/h3-4,6-7,9-10,12,20H,5,8,11,13H2,1-2H3. The highest BCUT2D eigenvalue weighted by Gasteiger charge is 2.23. The third-order valence-corrected chi connectivity index (χ3v) is 5.97. The van der Waals surface area contributed by atoms with Gasteiger partial charge in [-0.25, -0.2) is 13.1 Å². The van der Waals surface area contributed by atoms with E-state index in [1.807, 2.05) is 31.2 Å². The first-order chi connectivity index (χ1) is 11.9. The van der Waals surface area contributed by atoms with Crippen LogP contribution in [0.5, 0.6) is 0 Å². The van der Waals surface area contributed by atoms with E-state index in [1.54, 1.807) is 23.1 Å². The van der Waals surface area contributed by atoms with E-state index >= 15 is 0 Å². The van der Waals surface area contributed by atoms with Gasteiger partial charge >= 0.3 is 0 Å². The van der Waals surface area contributed by atoms with Crippen molar-refractivity contribution in [3.63, 3.8) is 0 Å². The van der Waals surface area contributed by atoms with Crippen molar-refractivity contribution in [1.29, 1.82) is 0 Å². The van der Waals surface area contributed by atoms with E-state index in [2.05, 4.69) is 4.72 Å². The highest BCUT2D eigenvalue weighted by molar-refractivity contribution is 7.89. The molecule has 0 bridgehead atoms. The fourth-order valence-corrected chi connectivity index (χ4v) is 4.19. The molecule has 0 atom stereocenters. The molecule has 1 aliphatic heterocycles. The second-order valence-corrected chi connectivity index (χ2v) is 8.08. The number of rotatable bonds is 4. The largest absolute Gasteiger partial charge is 0.312 e. The molecule has 6 heteroatoms. The van der Waals surface area contributed by atoms with Gasteiger partial charge in [-0.1, -0.05) is 24.3 Å². The van der Waals surface area contributed by atoms with E-state index in [-0.39, 0.29) is 17.3 Å². The summed E-state index contributed by atoms with van der Waals surface area (Å²) in [6, 6.07) is 12.7. The van der Waals surface area contributed by atoms with Crippen LogP contribution in [-0.2, 0) is 27.8 Å². The molecule has 0 fully saturated rings. The van der Waals surface area contributed by atoms with E-state index in [1.165, 1.54) is 6.92 Å². The molecule has 5 nitrogen and oxygen atoms in total. The molecule has 25 heavy (non-hydrogen) atoms. The van der Waals surface area contributed by atoms with Crippen LogP contribution in [-0.4, -0.2) is 20.9 Å². The summed E-state index contributed by atoms with van der Waals surface area (Å²) >= 11 is 0. The van der Waals surface area contributed by atoms with Crippen LogP contribution in [0.25, 0.3) is 0 Å². The van der Waals surface area contributed by atoms with Gasteiger partial charge in [0.2, 0.25) is 15.9 Å². The van der Waals surface area contributed by atoms with E-state index in [4.69, 9.17) is 0 Å². The summed E-state index contributed by atoms with van der Waals surface area (Å²) in [4.78, 5) is 13.7. The number of hydrogen-bond acceptors (Lipinski definition) is 3. The average Bonchev–Trinajstić information content (AvgIpc) is 2.60. The van der Waals surface area contributed by atoms with Crippen LogP contribution in [0.4, 0.5) is 5.69 Å². The topological polar surface area (TPSA) is 66.5 Å². The Bertz CT molecular complexity index is 907. The number of nitrogens with one attached hydrogen (secondary N) is 1. The number of carbonyl (C=O) groups excluding carboxylic acids is 1. The van der Waals surface area contributed by atoms with Crippen molar-refractivity contribution in [2.45, 2.75) is 38.1 Å². The van der Waals surface area contributed by atoms with Crippen molar-refractivity contribution in [2.24, 2.45) is 0 Å². The van der Waals surface area contributed by atoms with Gasteiger partial charge in [0.15, 0.2) is 0 Å². The Balaban J connectivity index is 1.83. The van der Waals surface area contributed by atoms with Crippen LogP contribution in [0.2, 0.25) is 0 Å². The first-order valence-electron chi connectivity index (χ1n) is 8.34. The van der Waals surface area contributed by atoms with Gasteiger partial charge in [0.25, 0.3) is 0 Å². The quantitative estimate of drug-likeness (QED) is 0.914. The summed E-state index contributed by atoms with van der Waals surface area (Å²) in [6.07, 6.45) is 1.62. The molecule has 1 heterocycles. The lowest BCUT2D eigenvalue weighted by molar-refractivity contribution is -0.116. The number of amides is 1. The summed E-state index contributed by atoms with van der Waals surface area (Å²) in [5.41, 5.74) is 3.72. The van der Waals surface area contributed by atoms with Gasteiger partial charge in [0.05, 0.1) is 4.90 Å². The number of benzene rings is 2. The van der Waals surface area contributed by atoms with Crippen molar-refractivity contribution >= 4 is 21.6 Å². The summed E-state index contributed by atoms with van der Waals surface area (Å²) in [7, 11) is -3.60. The minimum Gasteiger partial charge on any atom is -0.312 e. The van der Waals surface area contributed by atoms with Crippen molar-refractivity contribution in [1.82, 2.24) is 4.72 Å². The number of fused-ring (bicyclic) bond motifs is 1. The predicted octanol–water partition coefficient (Wildman–Crippen LogP) is 2.77. The minimum absolute atomic E-state index is 0.0192. The van der Waals surface area contributed by atoms with Gasteiger partial charge in [0, 0.05) is 25.7 Å². The molecule has 132 valence electrons. The Morgan fingerprint density at radius 1 is 1.20 bits per heavy atom. The van der Waals surface area contributed by atoms with Crippen molar-refractivity contribution in [2.75, 3.05) is 11.4 Å². The van der Waals surface area contributed by atoms with Crippen molar-refractivity contribution in [3.8, 4) is 0 Å². The maximum atomic E-state index is 12.6. The predicted molar refractivity (Wildman–Crippen MR) is 98.0 cm³/mol. The number of aryl methyl sites for hydroxylation is 2. The molecule has 2 aromatic rings. The first kappa shape index (κ1) is 17.6. The number of nitrogens with zero attached hydrogens (tertiary/aromatic N) is 1. The molecule has 1 N–H and O–H groups in total. The average molecular weight is 358 g/mol. The Labute approximate surface area is 148 Å². The normalized spacial score (nSPS) is 14.2. The summed E-state index contributed by atoms with van der Waals surface area (Å²) in [5.74, 6) is -0.0192. The molecule has 3 rings (SSSR count). The van der Waals surface area contributed by atoms with Gasteiger partial charge < -0.3 is 4.90 Å². The summed E-state index contributed by atoms with van der Waals surface area (Å²) in [6.45, 7) is 4.42. The van der Waals surface area contributed by atoms with Crippen LogP contribution in [0, 0.1) is 6.92 Å². The number of hydrogen-bond donors (Lipinski definition) is 1. The fourth-order valence-electron chi connectivity index (χ4n) is 3.13. The van der Waals surface area contributed by atoms with Crippen LogP contribution in [0.15, 0.2) is 47.4 Å². The smallest absolute Gasteiger partial charge is 0.240 e. The van der Waals surface area contributed by atoms with Gasteiger partial charge in [-0.15, -0.1) is 0 Å². The zero-order valence-corrected chi connectivity index (χ0v) is 15.3. The molecule has 0 spiro atoms. The molecule has 0 aromatic heterocycles. The lowest BCUT2D eigenvalue weighted by Crippen LogP contribution is -2.33. The summed E-state index contributed by atoms with van der Waals surface area (Å²) in [5, 5.41) is 0. The van der Waals surface area contributed by atoms with Gasteiger partial charge in [-0.05, 0) is 54.7 Å². The molecule has 0 saturated carbocycles. The molecule has 0 saturated heterocycles. The second-order valence-electron chi connectivity index (χ2n) is 6.32. The third kappa shape index (κ3) is 3.75. The SMILES string of the molecule is CC(=O)N1CCCc2cc(S(=O)(=O)NCc3ccccc3C)ccc21. The Kier molecular flexibility index (Phi) is 4.92. The van der Waals surface area contributed by atoms with Crippen molar-refractivity contribution < 1.29 is 13.2 Å². The van der Waals surface area contributed by atoms with Gasteiger partial charge in [-0.3, -0.25) is 4.79 Å². The maximum absolute atomic E-state index is 12.6. The van der Waals surface area contributed by atoms with E-state index in [0.29, 0.717) is 6.54 Å². The molecule has 0 aliphatic carbocycles. The lowest BCUT2D eigenvalue weighted by Gasteiger charge is -2.28.